The van der Waals surface area contributed by atoms with Gasteiger partial charge < -0.3 is 19.8 Å². The number of nitrogens with one attached hydrogen (secondary N) is 2. The number of hydrogen-bond donors (Lipinski definition) is 2. The smallest absolute Gasteiger partial charge is 0.328 e. The van der Waals surface area contributed by atoms with Crippen LogP contribution in [0.4, 0.5) is 0 Å². The van der Waals surface area contributed by atoms with E-state index in [1.165, 1.54) is 25.8 Å². The van der Waals surface area contributed by atoms with Crippen molar-refractivity contribution in [3.05, 3.63) is 68.4 Å². The lowest BCUT2D eigenvalue weighted by Gasteiger charge is -2.26. The van der Waals surface area contributed by atoms with E-state index >= 15 is 0 Å². The molecule has 162 valence electrons. The second-order valence-electron chi connectivity index (χ2n) is 7.60. The topological polar surface area (TPSA) is 102 Å². The molecule has 1 amide bonds. The number of benzene rings is 2. The van der Waals surface area contributed by atoms with Crippen LogP contribution in [0.1, 0.15) is 36.4 Å². The van der Waals surface area contributed by atoms with E-state index in [2.05, 4.69) is 16.4 Å². The molecule has 0 aliphatic heterocycles. The third-order valence-corrected chi connectivity index (χ3v) is 5.75. The maximum atomic E-state index is 12.9. The van der Waals surface area contributed by atoms with E-state index in [-0.39, 0.29) is 24.9 Å². The van der Waals surface area contributed by atoms with Gasteiger partial charge in [0.25, 0.3) is 5.56 Å². The van der Waals surface area contributed by atoms with Crippen molar-refractivity contribution in [1.82, 2.24) is 14.9 Å². The summed E-state index contributed by atoms with van der Waals surface area (Å²) in [6.45, 7) is -0.0152. The Bertz CT molecular complexity index is 1240. The first-order valence-electron chi connectivity index (χ1n) is 10.3. The van der Waals surface area contributed by atoms with E-state index in [1.54, 1.807) is 6.07 Å². The first kappa shape index (κ1) is 20.7. The quantitative estimate of drug-likeness (QED) is 0.633. The number of fused-ring (bicyclic) bond motifs is 2. The molecule has 1 aliphatic carbocycles. The molecule has 1 atom stereocenters. The number of amides is 1. The minimum Gasteiger partial charge on any atom is -0.493 e. The van der Waals surface area contributed by atoms with Gasteiger partial charge in [-0.1, -0.05) is 24.3 Å². The zero-order valence-corrected chi connectivity index (χ0v) is 17.6. The van der Waals surface area contributed by atoms with Crippen LogP contribution in [0, 0.1) is 0 Å². The molecule has 4 rings (SSSR count). The fourth-order valence-corrected chi connectivity index (χ4v) is 4.17. The number of carbonyl (C=O) groups excluding carboxylic acids is 1. The van der Waals surface area contributed by atoms with Gasteiger partial charge in [-0.3, -0.25) is 14.2 Å². The predicted molar refractivity (Wildman–Crippen MR) is 117 cm³/mol. The van der Waals surface area contributed by atoms with E-state index in [4.69, 9.17) is 9.47 Å². The first-order valence-corrected chi connectivity index (χ1v) is 10.3. The molecule has 31 heavy (non-hydrogen) atoms. The fourth-order valence-electron chi connectivity index (χ4n) is 4.17. The first-order chi connectivity index (χ1) is 15.0. The molecule has 0 radical (unpaired) electrons. The van der Waals surface area contributed by atoms with Gasteiger partial charge in [-0.05, 0) is 36.5 Å². The van der Waals surface area contributed by atoms with Gasteiger partial charge in [0.15, 0.2) is 11.5 Å². The molecule has 0 fully saturated rings. The number of nitrogens with zero attached hydrogens (tertiary/aromatic N) is 1. The largest absolute Gasteiger partial charge is 0.493 e. The van der Waals surface area contributed by atoms with Crippen molar-refractivity contribution < 1.29 is 14.3 Å². The number of aromatic nitrogens is 2. The Labute approximate surface area is 178 Å². The number of hydrogen-bond acceptors (Lipinski definition) is 5. The number of ether oxygens (including phenoxy) is 2. The lowest BCUT2D eigenvalue weighted by molar-refractivity contribution is -0.122. The van der Waals surface area contributed by atoms with Gasteiger partial charge in [-0.25, -0.2) is 4.79 Å². The van der Waals surface area contributed by atoms with Crippen molar-refractivity contribution in [1.29, 1.82) is 0 Å². The third kappa shape index (κ3) is 4.05. The standard InChI is InChI=1S/C23H25N3O5/c1-30-19-12-16-18(13-20(19)31-2)25-23(29)26(22(16)28)11-10-21(27)24-17-9-5-7-14-6-3-4-8-15(14)17/h3-4,6,8,12-13,17H,5,7,9-11H2,1-2H3,(H,24,27)(H,25,29)/t17-/m1/s1. The van der Waals surface area contributed by atoms with Crippen LogP contribution in [0.3, 0.4) is 0 Å². The molecule has 8 heteroatoms. The number of methoxy groups -OCH3 is 2. The zero-order chi connectivity index (χ0) is 22.0. The molecule has 0 saturated carbocycles. The summed E-state index contributed by atoms with van der Waals surface area (Å²) in [5, 5.41) is 3.34. The highest BCUT2D eigenvalue weighted by Crippen LogP contribution is 2.30. The third-order valence-electron chi connectivity index (χ3n) is 5.75. The lowest BCUT2D eigenvalue weighted by Crippen LogP contribution is -2.37. The highest BCUT2D eigenvalue weighted by atomic mass is 16.5. The maximum Gasteiger partial charge on any atom is 0.328 e. The summed E-state index contributed by atoms with van der Waals surface area (Å²) >= 11 is 0. The van der Waals surface area contributed by atoms with Gasteiger partial charge in [0, 0.05) is 19.0 Å². The Morgan fingerprint density at radius 2 is 1.90 bits per heavy atom. The molecule has 2 aromatic carbocycles. The second-order valence-corrected chi connectivity index (χ2v) is 7.60. The monoisotopic (exact) mass is 423 g/mol. The summed E-state index contributed by atoms with van der Waals surface area (Å²) < 4.78 is 11.5. The summed E-state index contributed by atoms with van der Waals surface area (Å²) in [5.41, 5.74) is 1.71. The van der Waals surface area contributed by atoms with Crippen molar-refractivity contribution >= 4 is 16.8 Å². The molecule has 1 heterocycles. The normalized spacial score (nSPS) is 15.4. The summed E-state index contributed by atoms with van der Waals surface area (Å²) in [6.07, 6.45) is 2.93. The molecule has 3 aromatic rings. The molecule has 2 N–H and O–H groups in total. The van der Waals surface area contributed by atoms with Gasteiger partial charge in [0.05, 0.1) is 31.2 Å². The van der Waals surface area contributed by atoms with E-state index in [9.17, 15) is 14.4 Å². The van der Waals surface area contributed by atoms with E-state index < -0.39 is 11.2 Å². The summed E-state index contributed by atoms with van der Waals surface area (Å²) in [6, 6.07) is 11.1. The van der Waals surface area contributed by atoms with Crippen LogP contribution < -0.4 is 26.0 Å². The Balaban J connectivity index is 1.53. The van der Waals surface area contributed by atoms with Crippen molar-refractivity contribution in [3.63, 3.8) is 0 Å². The molecule has 0 spiro atoms. The van der Waals surface area contributed by atoms with Gasteiger partial charge in [0.2, 0.25) is 5.91 Å². The van der Waals surface area contributed by atoms with Crippen molar-refractivity contribution in [2.45, 2.75) is 38.3 Å². The molecule has 0 unspecified atom stereocenters. The Morgan fingerprint density at radius 3 is 2.68 bits per heavy atom. The molecule has 0 saturated heterocycles. The van der Waals surface area contributed by atoms with Crippen molar-refractivity contribution in [2.75, 3.05) is 14.2 Å². The Hall–Kier alpha value is -3.55. The molecule has 1 aromatic heterocycles. The molecular weight excluding hydrogens is 398 g/mol. The van der Waals surface area contributed by atoms with E-state index in [0.29, 0.717) is 22.4 Å². The minimum atomic E-state index is -0.569. The summed E-state index contributed by atoms with van der Waals surface area (Å²) in [5.74, 6) is 0.606. The van der Waals surface area contributed by atoms with Crippen LogP contribution in [0.2, 0.25) is 0 Å². The number of carbonyl (C=O) groups is 1. The highest BCUT2D eigenvalue weighted by molar-refractivity contribution is 5.81. The molecule has 1 aliphatic rings. The van der Waals surface area contributed by atoms with Gasteiger partial charge in [-0.2, -0.15) is 0 Å². The SMILES string of the molecule is COc1cc2[nH]c(=O)n(CCC(=O)N[C@@H]3CCCc4ccccc43)c(=O)c2cc1OC. The minimum absolute atomic E-state index is 0.0152. The van der Waals surface area contributed by atoms with Crippen LogP contribution in [0.5, 0.6) is 11.5 Å². The average Bonchev–Trinajstić information content (AvgIpc) is 2.78. The van der Waals surface area contributed by atoms with Crippen LogP contribution in [0.15, 0.2) is 46.0 Å². The van der Waals surface area contributed by atoms with Crippen molar-refractivity contribution in [3.8, 4) is 11.5 Å². The van der Waals surface area contributed by atoms with E-state index in [0.717, 1.165) is 29.4 Å². The lowest BCUT2D eigenvalue weighted by atomic mass is 9.88. The predicted octanol–water partition coefficient (Wildman–Crippen LogP) is 2.29. The molecule has 0 bridgehead atoms. The van der Waals surface area contributed by atoms with Gasteiger partial charge in [-0.15, -0.1) is 0 Å². The molecule has 8 nitrogen and oxygen atoms in total. The number of aryl methyl sites for hydroxylation is 1. The average molecular weight is 423 g/mol. The van der Waals surface area contributed by atoms with Crippen LogP contribution in [0.25, 0.3) is 10.9 Å². The maximum absolute atomic E-state index is 12.9. The van der Waals surface area contributed by atoms with Gasteiger partial charge in [0.1, 0.15) is 0 Å². The highest BCUT2D eigenvalue weighted by Gasteiger charge is 2.21. The number of aromatic amines is 1. The second kappa shape index (κ2) is 8.67. The molecular formula is C23H25N3O5. The zero-order valence-electron chi connectivity index (χ0n) is 17.6. The Kier molecular flexibility index (Phi) is 5.79. The summed E-state index contributed by atoms with van der Waals surface area (Å²) in [4.78, 5) is 40.6. The van der Waals surface area contributed by atoms with E-state index in [1.807, 2.05) is 18.2 Å². The summed E-state index contributed by atoms with van der Waals surface area (Å²) in [7, 11) is 2.95. The Morgan fingerprint density at radius 1 is 1.16 bits per heavy atom. The van der Waals surface area contributed by atoms with Crippen LogP contribution in [-0.2, 0) is 17.8 Å². The van der Waals surface area contributed by atoms with Gasteiger partial charge >= 0.3 is 5.69 Å². The number of H-pyrrole nitrogens is 1. The van der Waals surface area contributed by atoms with Crippen LogP contribution >= 0.6 is 0 Å². The number of rotatable bonds is 6. The fraction of sp³-hybridized carbons (Fsp3) is 0.348. The van der Waals surface area contributed by atoms with Crippen molar-refractivity contribution in [2.24, 2.45) is 0 Å². The van der Waals surface area contributed by atoms with Crippen LogP contribution in [-0.4, -0.2) is 29.7 Å².